The zero-order chi connectivity index (χ0) is 19.0. The minimum absolute atomic E-state index is 0.0486. The third kappa shape index (κ3) is 3.42. The fourth-order valence-electron chi connectivity index (χ4n) is 3.42. The van der Waals surface area contributed by atoms with Crippen LogP contribution in [0.25, 0.3) is 0 Å². The summed E-state index contributed by atoms with van der Waals surface area (Å²) >= 11 is 1.52. The Morgan fingerprint density at radius 3 is 2.81 bits per heavy atom. The highest BCUT2D eigenvalue weighted by Crippen LogP contribution is 2.30. The topological polar surface area (TPSA) is 55.2 Å². The Balaban J connectivity index is 1.70. The Kier molecular flexibility index (Phi) is 4.61. The Bertz CT molecular complexity index is 993. The number of hydrogen-bond acceptors (Lipinski definition) is 4. The third-order valence-electron chi connectivity index (χ3n) is 4.72. The number of anilines is 1. The van der Waals surface area contributed by atoms with E-state index < -0.39 is 6.04 Å². The number of Topliss-reactive ketones (excluding diaryl/α,β-unsaturated/α-hetero) is 1. The first-order chi connectivity index (χ1) is 13.0. The molecule has 0 aliphatic carbocycles. The molecule has 0 spiro atoms. The number of ketones is 1. The van der Waals surface area contributed by atoms with E-state index in [1.807, 2.05) is 12.3 Å². The van der Waals surface area contributed by atoms with Crippen molar-refractivity contribution in [1.29, 1.82) is 0 Å². The SMILES string of the molecule is Cc1nc(CN(C(=O)C2CCC(=O)c3cccn32)c2ccc(F)cc2)cs1. The first kappa shape index (κ1) is 17.6. The molecule has 1 aliphatic rings. The highest BCUT2D eigenvalue weighted by Gasteiger charge is 2.33. The first-order valence-corrected chi connectivity index (χ1v) is 9.59. The second-order valence-electron chi connectivity index (χ2n) is 6.54. The Labute approximate surface area is 160 Å². The van der Waals surface area contributed by atoms with Gasteiger partial charge in [0.05, 0.1) is 22.9 Å². The molecule has 1 amide bonds. The lowest BCUT2D eigenvalue weighted by atomic mass is 10.0. The summed E-state index contributed by atoms with van der Waals surface area (Å²) in [7, 11) is 0. The van der Waals surface area contributed by atoms with Gasteiger partial charge in [0, 0.05) is 23.7 Å². The van der Waals surface area contributed by atoms with Crippen molar-refractivity contribution >= 4 is 28.7 Å². The average Bonchev–Trinajstić information content (AvgIpc) is 3.30. The van der Waals surface area contributed by atoms with Gasteiger partial charge in [0.25, 0.3) is 0 Å². The number of amides is 1. The van der Waals surface area contributed by atoms with Gasteiger partial charge in [-0.05, 0) is 49.7 Å². The lowest BCUT2D eigenvalue weighted by Crippen LogP contribution is -2.39. The molecule has 0 bridgehead atoms. The summed E-state index contributed by atoms with van der Waals surface area (Å²) in [5.74, 6) is -0.434. The molecular weight excluding hydrogens is 365 g/mol. The lowest BCUT2D eigenvalue weighted by molar-refractivity contribution is -0.122. The number of halogens is 1. The van der Waals surface area contributed by atoms with Crippen LogP contribution >= 0.6 is 11.3 Å². The maximum Gasteiger partial charge on any atom is 0.250 e. The van der Waals surface area contributed by atoms with Gasteiger partial charge in [0.1, 0.15) is 11.9 Å². The summed E-state index contributed by atoms with van der Waals surface area (Å²) in [5, 5.41) is 2.84. The third-order valence-corrected chi connectivity index (χ3v) is 5.54. The molecule has 27 heavy (non-hydrogen) atoms. The summed E-state index contributed by atoms with van der Waals surface area (Å²) < 4.78 is 15.1. The highest BCUT2D eigenvalue weighted by atomic mass is 32.1. The van der Waals surface area contributed by atoms with Crippen LogP contribution in [0.2, 0.25) is 0 Å². The molecule has 0 saturated heterocycles. The van der Waals surface area contributed by atoms with Crippen LogP contribution in [0.5, 0.6) is 0 Å². The van der Waals surface area contributed by atoms with E-state index in [1.54, 1.807) is 39.9 Å². The summed E-state index contributed by atoms with van der Waals surface area (Å²) in [6, 6.07) is 8.94. The van der Waals surface area contributed by atoms with E-state index in [1.165, 1.54) is 23.5 Å². The predicted molar refractivity (Wildman–Crippen MR) is 101 cm³/mol. The zero-order valence-electron chi connectivity index (χ0n) is 14.8. The molecular formula is C20H18FN3O2S. The number of rotatable bonds is 4. The number of nitrogens with zero attached hydrogens (tertiary/aromatic N) is 3. The number of hydrogen-bond donors (Lipinski definition) is 0. The van der Waals surface area contributed by atoms with Crippen molar-refractivity contribution in [3.63, 3.8) is 0 Å². The van der Waals surface area contributed by atoms with Gasteiger partial charge in [0.15, 0.2) is 5.78 Å². The van der Waals surface area contributed by atoms with E-state index >= 15 is 0 Å². The zero-order valence-corrected chi connectivity index (χ0v) is 15.6. The molecule has 4 rings (SSSR count). The number of benzene rings is 1. The lowest BCUT2D eigenvalue weighted by Gasteiger charge is -2.30. The second kappa shape index (κ2) is 7.08. The fourth-order valence-corrected chi connectivity index (χ4v) is 4.02. The van der Waals surface area contributed by atoms with Crippen molar-refractivity contribution in [1.82, 2.24) is 9.55 Å². The van der Waals surface area contributed by atoms with E-state index in [9.17, 15) is 14.0 Å². The van der Waals surface area contributed by atoms with Crippen LogP contribution in [-0.4, -0.2) is 21.2 Å². The number of thiazole rings is 1. The molecule has 138 valence electrons. The first-order valence-electron chi connectivity index (χ1n) is 8.71. The van der Waals surface area contributed by atoms with Crippen molar-refractivity contribution in [3.8, 4) is 0 Å². The molecule has 7 heteroatoms. The van der Waals surface area contributed by atoms with Crippen LogP contribution in [0.4, 0.5) is 10.1 Å². The van der Waals surface area contributed by atoms with Gasteiger partial charge in [-0.15, -0.1) is 11.3 Å². The molecule has 1 aromatic carbocycles. The van der Waals surface area contributed by atoms with Crippen molar-refractivity contribution in [3.05, 3.63) is 70.2 Å². The van der Waals surface area contributed by atoms with Crippen LogP contribution in [0, 0.1) is 12.7 Å². The molecule has 1 unspecified atom stereocenters. The Morgan fingerprint density at radius 2 is 2.11 bits per heavy atom. The van der Waals surface area contributed by atoms with Gasteiger partial charge in [-0.2, -0.15) is 0 Å². The van der Waals surface area contributed by atoms with Crippen LogP contribution in [0.1, 0.15) is 40.1 Å². The molecule has 0 radical (unpaired) electrons. The maximum absolute atomic E-state index is 13.4. The molecule has 0 fully saturated rings. The van der Waals surface area contributed by atoms with Crippen molar-refractivity contribution in [2.24, 2.45) is 0 Å². The molecule has 0 N–H and O–H groups in total. The number of carbonyl (C=O) groups is 2. The van der Waals surface area contributed by atoms with E-state index in [0.29, 0.717) is 30.8 Å². The molecule has 3 heterocycles. The van der Waals surface area contributed by atoms with Gasteiger partial charge in [0.2, 0.25) is 5.91 Å². The summed E-state index contributed by atoms with van der Waals surface area (Å²) in [4.78, 5) is 31.6. The molecule has 1 aliphatic heterocycles. The van der Waals surface area contributed by atoms with Crippen molar-refractivity contribution in [2.45, 2.75) is 32.4 Å². The van der Waals surface area contributed by atoms with Crippen molar-refractivity contribution in [2.75, 3.05) is 4.90 Å². The van der Waals surface area contributed by atoms with E-state index in [2.05, 4.69) is 4.98 Å². The van der Waals surface area contributed by atoms with Crippen molar-refractivity contribution < 1.29 is 14.0 Å². The molecule has 0 saturated carbocycles. The largest absolute Gasteiger partial charge is 0.333 e. The summed E-state index contributed by atoms with van der Waals surface area (Å²) in [6.45, 7) is 2.22. The molecule has 5 nitrogen and oxygen atoms in total. The highest BCUT2D eigenvalue weighted by molar-refractivity contribution is 7.09. The smallest absolute Gasteiger partial charge is 0.250 e. The average molecular weight is 383 g/mol. The van der Waals surface area contributed by atoms with E-state index in [-0.39, 0.29) is 17.5 Å². The minimum atomic E-state index is -0.461. The monoisotopic (exact) mass is 383 g/mol. The predicted octanol–water partition coefficient (Wildman–Crippen LogP) is 4.14. The van der Waals surface area contributed by atoms with Crippen LogP contribution in [-0.2, 0) is 11.3 Å². The summed E-state index contributed by atoms with van der Waals surface area (Å²) in [5.41, 5.74) is 1.95. The summed E-state index contributed by atoms with van der Waals surface area (Å²) in [6.07, 6.45) is 2.56. The normalized spacial score (nSPS) is 16.2. The molecule has 2 aromatic heterocycles. The quantitative estimate of drug-likeness (QED) is 0.680. The number of fused-ring (bicyclic) bond motifs is 1. The maximum atomic E-state index is 13.4. The van der Waals surface area contributed by atoms with Gasteiger partial charge in [-0.3, -0.25) is 9.59 Å². The van der Waals surface area contributed by atoms with Gasteiger partial charge >= 0.3 is 0 Å². The van der Waals surface area contributed by atoms with E-state index in [0.717, 1.165) is 10.7 Å². The number of aromatic nitrogens is 2. The Morgan fingerprint density at radius 1 is 1.33 bits per heavy atom. The minimum Gasteiger partial charge on any atom is -0.333 e. The van der Waals surface area contributed by atoms with Crippen LogP contribution in [0.3, 0.4) is 0 Å². The number of aryl methyl sites for hydroxylation is 1. The molecule has 1 atom stereocenters. The van der Waals surface area contributed by atoms with Crippen LogP contribution in [0.15, 0.2) is 48.0 Å². The Hall–Kier alpha value is -2.80. The van der Waals surface area contributed by atoms with Gasteiger partial charge in [-0.25, -0.2) is 9.37 Å². The van der Waals surface area contributed by atoms with Gasteiger partial charge < -0.3 is 9.47 Å². The van der Waals surface area contributed by atoms with Crippen LogP contribution < -0.4 is 4.90 Å². The molecule has 3 aromatic rings. The fraction of sp³-hybridized carbons (Fsp3) is 0.250. The number of carbonyl (C=O) groups excluding carboxylic acids is 2. The standard InChI is InChI=1S/C20H18FN3O2S/c1-13-22-15(12-27-13)11-24(16-6-4-14(21)5-7-16)20(26)18-8-9-19(25)17-3-2-10-23(17)18/h2-7,10,12,18H,8-9,11H2,1H3. The van der Waals surface area contributed by atoms with E-state index in [4.69, 9.17) is 0 Å². The second-order valence-corrected chi connectivity index (χ2v) is 7.60. The van der Waals surface area contributed by atoms with Gasteiger partial charge in [-0.1, -0.05) is 0 Å².